The van der Waals surface area contributed by atoms with E-state index in [0.717, 1.165) is 11.8 Å². The maximum absolute atomic E-state index is 12.6. The zero-order chi connectivity index (χ0) is 21.1. The number of hydrogen-bond donors (Lipinski definition) is 1. The van der Waals surface area contributed by atoms with Crippen LogP contribution in [0, 0.1) is 0 Å². The fraction of sp³-hybridized carbons (Fsp3) is 0.0909. The Labute approximate surface area is 178 Å². The third-order valence-corrected chi connectivity index (χ3v) is 6.40. The molecular weight excluding hydrogens is 420 g/mol. The molecule has 8 heteroatoms. The predicted molar refractivity (Wildman–Crippen MR) is 118 cm³/mol. The fourth-order valence-electron chi connectivity index (χ4n) is 2.83. The van der Waals surface area contributed by atoms with Crippen molar-refractivity contribution in [2.75, 3.05) is 11.6 Å². The Kier molecular flexibility index (Phi) is 5.52. The number of benzene rings is 3. The van der Waals surface area contributed by atoms with E-state index < -0.39 is 9.84 Å². The van der Waals surface area contributed by atoms with E-state index in [1.54, 1.807) is 36.4 Å². The summed E-state index contributed by atoms with van der Waals surface area (Å²) in [6.45, 7) is 0.409. The first kappa shape index (κ1) is 20.1. The normalized spacial score (nSPS) is 11.4. The minimum Gasteiger partial charge on any atom is -0.489 e. The topological polar surface area (TPSA) is 85.4 Å². The standard InChI is InChI=1S/C22H18N2O4S2/c1-30(26,27)18-10-11-19-20(13-18)29-22(23-19)24-21(25)16-8-5-9-17(12-16)28-14-15-6-3-2-4-7-15/h2-13H,14H2,1H3,(H,23,24,25). The molecule has 1 N–H and O–H groups in total. The van der Waals surface area contributed by atoms with Gasteiger partial charge in [0.25, 0.3) is 5.91 Å². The number of rotatable bonds is 6. The second-order valence-electron chi connectivity index (χ2n) is 6.68. The molecule has 4 aromatic rings. The Morgan fingerprint density at radius 3 is 2.60 bits per heavy atom. The minimum absolute atomic E-state index is 0.222. The Morgan fingerprint density at radius 1 is 1.03 bits per heavy atom. The first-order valence-corrected chi connectivity index (χ1v) is 11.8. The summed E-state index contributed by atoms with van der Waals surface area (Å²) < 4.78 is 29.9. The molecule has 152 valence electrons. The monoisotopic (exact) mass is 438 g/mol. The predicted octanol–water partition coefficient (Wildman–Crippen LogP) is 4.53. The zero-order valence-corrected chi connectivity index (χ0v) is 17.7. The van der Waals surface area contributed by atoms with Gasteiger partial charge in [-0.25, -0.2) is 13.4 Å². The molecule has 0 saturated heterocycles. The van der Waals surface area contributed by atoms with E-state index in [-0.39, 0.29) is 10.8 Å². The second-order valence-corrected chi connectivity index (χ2v) is 9.72. The molecule has 0 aliphatic carbocycles. The van der Waals surface area contributed by atoms with Crippen molar-refractivity contribution in [3.05, 3.63) is 83.9 Å². The number of ether oxygens (including phenoxy) is 1. The van der Waals surface area contributed by atoms with Crippen molar-refractivity contribution in [2.45, 2.75) is 11.5 Å². The van der Waals surface area contributed by atoms with Crippen LogP contribution in [-0.2, 0) is 16.4 Å². The molecule has 1 aromatic heterocycles. The van der Waals surface area contributed by atoms with Crippen molar-refractivity contribution in [1.82, 2.24) is 4.98 Å². The van der Waals surface area contributed by atoms with E-state index in [1.165, 1.54) is 17.4 Å². The number of sulfone groups is 1. The lowest BCUT2D eigenvalue weighted by Gasteiger charge is -2.08. The van der Waals surface area contributed by atoms with Gasteiger partial charge in [-0.05, 0) is 42.0 Å². The van der Waals surface area contributed by atoms with Crippen LogP contribution >= 0.6 is 11.3 Å². The molecule has 0 unspecified atom stereocenters. The van der Waals surface area contributed by atoms with Gasteiger partial charge in [0.15, 0.2) is 15.0 Å². The summed E-state index contributed by atoms with van der Waals surface area (Å²) in [6, 6.07) is 21.4. The summed E-state index contributed by atoms with van der Waals surface area (Å²) in [5.41, 5.74) is 2.11. The lowest BCUT2D eigenvalue weighted by atomic mass is 10.2. The van der Waals surface area contributed by atoms with E-state index in [4.69, 9.17) is 4.74 Å². The average molecular weight is 439 g/mol. The molecule has 0 aliphatic rings. The maximum Gasteiger partial charge on any atom is 0.257 e. The number of carbonyl (C=O) groups excluding carboxylic acids is 1. The van der Waals surface area contributed by atoms with Gasteiger partial charge in [0.1, 0.15) is 12.4 Å². The second kappa shape index (κ2) is 8.25. The zero-order valence-electron chi connectivity index (χ0n) is 16.0. The lowest BCUT2D eigenvalue weighted by Crippen LogP contribution is -2.11. The van der Waals surface area contributed by atoms with Crippen LogP contribution < -0.4 is 10.1 Å². The third-order valence-electron chi connectivity index (χ3n) is 4.35. The summed E-state index contributed by atoms with van der Waals surface area (Å²) in [6.07, 6.45) is 1.16. The molecule has 0 saturated carbocycles. The average Bonchev–Trinajstić information content (AvgIpc) is 3.14. The first-order valence-electron chi connectivity index (χ1n) is 9.07. The van der Waals surface area contributed by atoms with Gasteiger partial charge in [0.2, 0.25) is 0 Å². The summed E-state index contributed by atoms with van der Waals surface area (Å²) in [4.78, 5) is 17.2. The van der Waals surface area contributed by atoms with Gasteiger partial charge >= 0.3 is 0 Å². The van der Waals surface area contributed by atoms with Gasteiger partial charge in [-0.1, -0.05) is 47.7 Å². The molecule has 3 aromatic carbocycles. The Morgan fingerprint density at radius 2 is 1.83 bits per heavy atom. The van der Waals surface area contributed by atoms with Crippen LogP contribution in [0.15, 0.2) is 77.7 Å². The highest BCUT2D eigenvalue weighted by Gasteiger charge is 2.13. The number of hydrogen-bond acceptors (Lipinski definition) is 6. The van der Waals surface area contributed by atoms with Crippen molar-refractivity contribution in [3.8, 4) is 5.75 Å². The number of aromatic nitrogens is 1. The molecule has 4 rings (SSSR count). The summed E-state index contributed by atoms with van der Waals surface area (Å²) in [5, 5.41) is 3.17. The highest BCUT2D eigenvalue weighted by Crippen LogP contribution is 2.28. The number of amides is 1. The van der Waals surface area contributed by atoms with E-state index in [0.29, 0.717) is 33.3 Å². The third kappa shape index (κ3) is 4.67. The number of nitrogens with one attached hydrogen (secondary N) is 1. The van der Waals surface area contributed by atoms with E-state index >= 15 is 0 Å². The van der Waals surface area contributed by atoms with Crippen molar-refractivity contribution < 1.29 is 17.9 Å². The Hall–Kier alpha value is -3.23. The van der Waals surface area contributed by atoms with Crippen molar-refractivity contribution in [3.63, 3.8) is 0 Å². The Balaban J connectivity index is 1.48. The minimum atomic E-state index is -3.30. The molecule has 30 heavy (non-hydrogen) atoms. The lowest BCUT2D eigenvalue weighted by molar-refractivity contribution is 0.102. The van der Waals surface area contributed by atoms with Crippen LogP contribution in [0.3, 0.4) is 0 Å². The molecule has 1 amide bonds. The van der Waals surface area contributed by atoms with Crippen LogP contribution in [-0.4, -0.2) is 25.6 Å². The van der Waals surface area contributed by atoms with E-state index in [2.05, 4.69) is 10.3 Å². The smallest absolute Gasteiger partial charge is 0.257 e. The van der Waals surface area contributed by atoms with Crippen LogP contribution in [0.1, 0.15) is 15.9 Å². The van der Waals surface area contributed by atoms with Gasteiger partial charge in [-0.15, -0.1) is 0 Å². The summed E-state index contributed by atoms with van der Waals surface area (Å²) >= 11 is 1.22. The largest absolute Gasteiger partial charge is 0.489 e. The van der Waals surface area contributed by atoms with Gasteiger partial charge in [0.05, 0.1) is 15.1 Å². The van der Waals surface area contributed by atoms with Crippen molar-refractivity contribution in [2.24, 2.45) is 0 Å². The molecule has 0 bridgehead atoms. The van der Waals surface area contributed by atoms with Crippen molar-refractivity contribution >= 4 is 42.4 Å². The van der Waals surface area contributed by atoms with Gasteiger partial charge in [-0.2, -0.15) is 0 Å². The number of nitrogens with zero attached hydrogens (tertiary/aromatic N) is 1. The molecule has 0 radical (unpaired) electrons. The van der Waals surface area contributed by atoms with Gasteiger partial charge in [0, 0.05) is 11.8 Å². The highest BCUT2D eigenvalue weighted by molar-refractivity contribution is 7.90. The molecule has 0 aliphatic heterocycles. The molecule has 0 fully saturated rings. The fourth-order valence-corrected chi connectivity index (χ4v) is 4.45. The van der Waals surface area contributed by atoms with Crippen molar-refractivity contribution in [1.29, 1.82) is 0 Å². The first-order chi connectivity index (χ1) is 14.4. The van der Waals surface area contributed by atoms with Crippen LogP contribution in [0.4, 0.5) is 5.13 Å². The SMILES string of the molecule is CS(=O)(=O)c1ccc2nc(NC(=O)c3cccc(OCc4ccccc4)c3)sc2c1. The van der Waals surface area contributed by atoms with Gasteiger partial charge < -0.3 is 4.74 Å². The van der Waals surface area contributed by atoms with Crippen LogP contribution in [0.2, 0.25) is 0 Å². The molecule has 6 nitrogen and oxygen atoms in total. The van der Waals surface area contributed by atoms with Gasteiger partial charge in [-0.3, -0.25) is 10.1 Å². The number of anilines is 1. The molecule has 0 spiro atoms. The summed E-state index contributed by atoms with van der Waals surface area (Å²) in [5.74, 6) is 0.274. The Bertz CT molecular complexity index is 1320. The number of thiazole rings is 1. The van der Waals surface area contributed by atoms with E-state index in [1.807, 2.05) is 30.3 Å². The molecule has 1 heterocycles. The number of carbonyl (C=O) groups is 1. The van der Waals surface area contributed by atoms with E-state index in [9.17, 15) is 13.2 Å². The maximum atomic E-state index is 12.6. The van der Waals surface area contributed by atoms with Crippen LogP contribution in [0.25, 0.3) is 10.2 Å². The highest BCUT2D eigenvalue weighted by atomic mass is 32.2. The van der Waals surface area contributed by atoms with Crippen LogP contribution in [0.5, 0.6) is 5.75 Å². The quantitative estimate of drug-likeness (QED) is 0.478. The molecule has 0 atom stereocenters. The summed E-state index contributed by atoms with van der Waals surface area (Å²) in [7, 11) is -3.30. The molecular formula is C22H18N2O4S2. The number of fused-ring (bicyclic) bond motifs is 1.